The van der Waals surface area contributed by atoms with Crippen molar-refractivity contribution < 1.29 is 28.2 Å². The van der Waals surface area contributed by atoms with E-state index in [-0.39, 0.29) is 17.0 Å². The molecule has 0 atom stereocenters. The second kappa shape index (κ2) is 9.99. The summed E-state index contributed by atoms with van der Waals surface area (Å²) in [6.45, 7) is 2.45. The van der Waals surface area contributed by atoms with Gasteiger partial charge in [0.15, 0.2) is 0 Å². The maximum absolute atomic E-state index is 13.1. The van der Waals surface area contributed by atoms with Gasteiger partial charge in [0.1, 0.15) is 28.5 Å². The number of furan rings is 1. The zero-order valence-electron chi connectivity index (χ0n) is 19.0. The van der Waals surface area contributed by atoms with Gasteiger partial charge in [0.05, 0.1) is 26.4 Å². The number of hydrogen-bond acceptors (Lipinski definition) is 6. The largest absolute Gasteiger partial charge is 0.497 e. The summed E-state index contributed by atoms with van der Waals surface area (Å²) in [4.78, 5) is 26.3. The van der Waals surface area contributed by atoms with E-state index in [0.717, 1.165) is 0 Å². The van der Waals surface area contributed by atoms with Crippen LogP contribution >= 0.6 is 0 Å². The molecule has 0 spiro atoms. The van der Waals surface area contributed by atoms with Crippen LogP contribution in [-0.4, -0.2) is 32.6 Å². The van der Waals surface area contributed by atoms with Crippen LogP contribution in [-0.2, 0) is 0 Å². The fraction of sp³-hybridized carbons (Fsp3) is 0.154. The van der Waals surface area contributed by atoms with Crippen molar-refractivity contribution in [1.29, 1.82) is 0 Å². The Morgan fingerprint density at radius 2 is 1.59 bits per heavy atom. The lowest BCUT2D eigenvalue weighted by Crippen LogP contribution is -2.17. The number of ether oxygens (including phenoxy) is 3. The van der Waals surface area contributed by atoms with Crippen molar-refractivity contribution in [2.24, 2.45) is 0 Å². The molecule has 0 bridgehead atoms. The average Bonchev–Trinajstić information content (AvgIpc) is 3.23. The van der Waals surface area contributed by atoms with Crippen LogP contribution in [0.25, 0.3) is 11.0 Å². The third-order valence-electron chi connectivity index (χ3n) is 5.12. The molecule has 0 unspecified atom stereocenters. The SMILES string of the molecule is CCOc1ccc(NC(=O)c2oc3ccccc3c2NC(=O)c2ccc(OC)cc2OC)cc1. The molecule has 0 aliphatic carbocycles. The van der Waals surface area contributed by atoms with Gasteiger partial charge in [-0.25, -0.2) is 0 Å². The zero-order chi connectivity index (χ0) is 24.1. The number of rotatable bonds is 8. The lowest BCUT2D eigenvalue weighted by molar-refractivity contribution is 0.0999. The molecule has 0 radical (unpaired) electrons. The summed E-state index contributed by atoms with van der Waals surface area (Å²) in [6.07, 6.45) is 0. The number of anilines is 2. The van der Waals surface area contributed by atoms with Crippen molar-refractivity contribution >= 4 is 34.2 Å². The number of hydrogen-bond donors (Lipinski definition) is 2. The monoisotopic (exact) mass is 460 g/mol. The van der Waals surface area contributed by atoms with Crippen molar-refractivity contribution in [1.82, 2.24) is 0 Å². The van der Waals surface area contributed by atoms with Crippen LogP contribution in [0, 0.1) is 0 Å². The number of fused-ring (bicyclic) bond motifs is 1. The van der Waals surface area contributed by atoms with Gasteiger partial charge in [0.2, 0.25) is 5.76 Å². The summed E-state index contributed by atoms with van der Waals surface area (Å²) in [7, 11) is 3.00. The van der Waals surface area contributed by atoms with Gasteiger partial charge in [0.25, 0.3) is 11.8 Å². The summed E-state index contributed by atoms with van der Waals surface area (Å²) in [5, 5.41) is 6.22. The third-order valence-corrected chi connectivity index (χ3v) is 5.12. The van der Waals surface area contributed by atoms with Crippen LogP contribution in [0.2, 0.25) is 0 Å². The van der Waals surface area contributed by atoms with E-state index in [1.165, 1.54) is 14.2 Å². The van der Waals surface area contributed by atoms with Crippen molar-refractivity contribution in [3.05, 3.63) is 78.1 Å². The summed E-state index contributed by atoms with van der Waals surface area (Å²) < 4.78 is 21.8. The molecule has 2 amide bonds. The minimum atomic E-state index is -0.502. The Kier molecular flexibility index (Phi) is 6.68. The van der Waals surface area contributed by atoms with Crippen LogP contribution in [0.3, 0.4) is 0 Å². The Labute approximate surface area is 196 Å². The van der Waals surface area contributed by atoms with Crippen molar-refractivity contribution in [2.45, 2.75) is 6.92 Å². The molecule has 8 heteroatoms. The molecule has 1 aromatic heterocycles. The molecule has 0 fully saturated rings. The quantitative estimate of drug-likeness (QED) is 0.368. The van der Waals surface area contributed by atoms with E-state index in [1.54, 1.807) is 66.7 Å². The van der Waals surface area contributed by atoms with Gasteiger partial charge in [0, 0.05) is 17.1 Å². The molecular formula is C26H24N2O6. The van der Waals surface area contributed by atoms with Gasteiger partial charge < -0.3 is 29.3 Å². The number of benzene rings is 3. The Morgan fingerprint density at radius 1 is 0.853 bits per heavy atom. The Hall–Kier alpha value is -4.46. The number of amides is 2. The van der Waals surface area contributed by atoms with E-state index in [4.69, 9.17) is 18.6 Å². The maximum atomic E-state index is 13.1. The smallest absolute Gasteiger partial charge is 0.293 e. The lowest BCUT2D eigenvalue weighted by atomic mass is 10.1. The fourth-order valence-corrected chi connectivity index (χ4v) is 3.49. The second-order valence-corrected chi connectivity index (χ2v) is 7.23. The van der Waals surface area contributed by atoms with Crippen LogP contribution in [0.4, 0.5) is 11.4 Å². The molecule has 3 aromatic carbocycles. The van der Waals surface area contributed by atoms with Crippen LogP contribution in [0.15, 0.2) is 71.1 Å². The summed E-state index contributed by atoms with van der Waals surface area (Å²) in [5.74, 6) is 0.614. The van der Waals surface area contributed by atoms with E-state index in [2.05, 4.69) is 10.6 Å². The van der Waals surface area contributed by atoms with E-state index < -0.39 is 11.8 Å². The average molecular weight is 460 g/mol. The third kappa shape index (κ3) is 4.66. The number of nitrogens with one attached hydrogen (secondary N) is 2. The Balaban J connectivity index is 1.65. The van der Waals surface area contributed by atoms with Crippen LogP contribution in [0.1, 0.15) is 27.8 Å². The summed E-state index contributed by atoms with van der Waals surface area (Å²) in [5.41, 5.74) is 1.58. The van der Waals surface area contributed by atoms with Crippen LogP contribution < -0.4 is 24.8 Å². The standard InChI is InChI=1S/C26H24N2O6/c1-4-33-17-11-9-16(10-12-17)27-26(30)24-23(19-7-5-6-8-21(19)34-24)28-25(29)20-14-13-18(31-2)15-22(20)32-3/h5-15H,4H2,1-3H3,(H,27,30)(H,28,29). The minimum absolute atomic E-state index is 0.0177. The highest BCUT2D eigenvalue weighted by molar-refractivity contribution is 6.17. The van der Waals surface area contributed by atoms with E-state index >= 15 is 0 Å². The van der Waals surface area contributed by atoms with Gasteiger partial charge in [-0.2, -0.15) is 0 Å². The highest BCUT2D eigenvalue weighted by atomic mass is 16.5. The first-order valence-electron chi connectivity index (χ1n) is 10.6. The highest BCUT2D eigenvalue weighted by Crippen LogP contribution is 2.33. The van der Waals surface area contributed by atoms with Crippen LogP contribution in [0.5, 0.6) is 17.2 Å². The fourth-order valence-electron chi connectivity index (χ4n) is 3.49. The van der Waals surface area contributed by atoms with Gasteiger partial charge in [-0.1, -0.05) is 12.1 Å². The molecule has 0 aliphatic rings. The number of methoxy groups -OCH3 is 2. The van der Waals surface area contributed by atoms with E-state index in [0.29, 0.717) is 40.5 Å². The lowest BCUT2D eigenvalue weighted by Gasteiger charge is -2.11. The molecule has 4 rings (SSSR count). The number of carbonyl (C=O) groups excluding carboxylic acids is 2. The first kappa shape index (κ1) is 22.7. The first-order chi connectivity index (χ1) is 16.5. The van der Waals surface area contributed by atoms with Crippen molar-refractivity contribution in [2.75, 3.05) is 31.5 Å². The molecule has 1 heterocycles. The molecule has 8 nitrogen and oxygen atoms in total. The predicted octanol–water partition coefficient (Wildman–Crippen LogP) is 5.35. The first-order valence-corrected chi connectivity index (χ1v) is 10.6. The van der Waals surface area contributed by atoms with Crippen molar-refractivity contribution in [3.8, 4) is 17.2 Å². The van der Waals surface area contributed by atoms with Gasteiger partial charge in [-0.3, -0.25) is 9.59 Å². The molecule has 4 aromatic rings. The maximum Gasteiger partial charge on any atom is 0.293 e. The number of carbonyl (C=O) groups is 2. The topological polar surface area (TPSA) is 99.0 Å². The summed E-state index contributed by atoms with van der Waals surface area (Å²) >= 11 is 0. The Morgan fingerprint density at radius 3 is 2.29 bits per heavy atom. The molecule has 174 valence electrons. The zero-order valence-corrected chi connectivity index (χ0v) is 19.0. The highest BCUT2D eigenvalue weighted by Gasteiger charge is 2.24. The number of para-hydroxylation sites is 1. The van der Waals surface area contributed by atoms with Gasteiger partial charge in [-0.05, 0) is 55.5 Å². The van der Waals surface area contributed by atoms with E-state index in [1.807, 2.05) is 6.92 Å². The summed E-state index contributed by atoms with van der Waals surface area (Å²) in [6, 6.07) is 18.9. The predicted molar refractivity (Wildman–Crippen MR) is 129 cm³/mol. The van der Waals surface area contributed by atoms with E-state index in [9.17, 15) is 9.59 Å². The molecule has 34 heavy (non-hydrogen) atoms. The second-order valence-electron chi connectivity index (χ2n) is 7.23. The van der Waals surface area contributed by atoms with Gasteiger partial charge >= 0.3 is 0 Å². The molecule has 2 N–H and O–H groups in total. The van der Waals surface area contributed by atoms with Crippen molar-refractivity contribution in [3.63, 3.8) is 0 Å². The molecule has 0 saturated heterocycles. The normalized spacial score (nSPS) is 10.6. The molecule has 0 aliphatic heterocycles. The minimum Gasteiger partial charge on any atom is -0.497 e. The van der Waals surface area contributed by atoms with Gasteiger partial charge in [-0.15, -0.1) is 0 Å². The molecule has 0 saturated carbocycles. The Bertz CT molecular complexity index is 1330. The molecular weight excluding hydrogens is 436 g/mol.